The maximum atomic E-state index is 11.6. The van der Waals surface area contributed by atoms with E-state index in [0.29, 0.717) is 13.0 Å². The van der Waals surface area contributed by atoms with Crippen LogP contribution >= 0.6 is 12.2 Å². The largest absolute Gasteiger partial charge is 0.399 e. The fraction of sp³-hybridized carbons (Fsp3) is 0.769. The maximum absolute atomic E-state index is 11.6. The van der Waals surface area contributed by atoms with E-state index in [1.165, 1.54) is 96.3 Å². The summed E-state index contributed by atoms with van der Waals surface area (Å²) in [4.78, 5) is 11.6. The summed E-state index contributed by atoms with van der Waals surface area (Å²) in [5.74, 6) is -0.238. The van der Waals surface area contributed by atoms with Crippen LogP contribution in [0.25, 0.3) is 0 Å². The first-order chi connectivity index (χ1) is 14.7. The van der Waals surface area contributed by atoms with Gasteiger partial charge in [0.25, 0.3) is 5.17 Å². The molecular weight excluding hydrogens is 390 g/mol. The third-order valence-corrected chi connectivity index (χ3v) is 5.47. The van der Waals surface area contributed by atoms with Crippen LogP contribution in [0.4, 0.5) is 0 Å². The van der Waals surface area contributed by atoms with Crippen LogP contribution in [0.1, 0.15) is 122 Å². The quantitative estimate of drug-likeness (QED) is 0.0850. The zero-order valence-electron chi connectivity index (χ0n) is 19.6. The minimum atomic E-state index is -0.238. The molecule has 174 valence electrons. The number of carbonyl (C=O) groups excluding carboxylic acids is 1. The van der Waals surface area contributed by atoms with E-state index in [1.807, 2.05) is 0 Å². The van der Waals surface area contributed by atoms with Crippen LogP contribution in [0, 0.1) is 0 Å². The number of carbonyl (C=O) groups is 1. The Morgan fingerprint density at radius 2 is 1.27 bits per heavy atom. The molecule has 1 N–H and O–H groups in total. The number of hydrogen-bond acceptors (Lipinski definition) is 3. The summed E-state index contributed by atoms with van der Waals surface area (Å²) < 4.78 is 5.02. The Morgan fingerprint density at radius 1 is 0.800 bits per heavy atom. The van der Waals surface area contributed by atoms with Crippen molar-refractivity contribution in [2.75, 3.05) is 6.54 Å². The van der Waals surface area contributed by atoms with E-state index in [0.717, 1.165) is 12.8 Å². The van der Waals surface area contributed by atoms with Gasteiger partial charge in [-0.3, -0.25) is 4.79 Å². The van der Waals surface area contributed by atoms with Crippen molar-refractivity contribution in [3.05, 3.63) is 24.8 Å². The topological polar surface area (TPSA) is 38.3 Å². The standard InChI is InChI=1S/C26H47NO2S/c1-3-5-6-7-8-9-10-11-12-13-14-15-16-17-18-19-20-21-22-23-25(28)29-26(30)27-24-4-2/h4,11-12H,2-3,5-10,13-24H2,1H3,(H,27,30)/b12-11-. The molecule has 0 rings (SSSR count). The van der Waals surface area contributed by atoms with Gasteiger partial charge in [0.2, 0.25) is 0 Å². The van der Waals surface area contributed by atoms with Gasteiger partial charge in [-0.25, -0.2) is 0 Å². The molecule has 0 bridgehead atoms. The lowest BCUT2D eigenvalue weighted by Crippen LogP contribution is -2.26. The van der Waals surface area contributed by atoms with Crippen LogP contribution in [0.3, 0.4) is 0 Å². The Bertz CT molecular complexity index is 448. The molecule has 30 heavy (non-hydrogen) atoms. The van der Waals surface area contributed by atoms with Gasteiger partial charge in [0, 0.05) is 13.0 Å². The molecule has 0 aromatic carbocycles. The maximum Gasteiger partial charge on any atom is 0.313 e. The third kappa shape index (κ3) is 23.1. The van der Waals surface area contributed by atoms with E-state index in [4.69, 9.17) is 17.0 Å². The van der Waals surface area contributed by atoms with Crippen LogP contribution in [0.15, 0.2) is 24.8 Å². The predicted octanol–water partition coefficient (Wildman–Crippen LogP) is 8.19. The average Bonchev–Trinajstić information content (AvgIpc) is 2.73. The van der Waals surface area contributed by atoms with Crippen molar-refractivity contribution in [2.45, 2.75) is 122 Å². The van der Waals surface area contributed by atoms with Gasteiger partial charge >= 0.3 is 5.97 Å². The molecule has 0 saturated heterocycles. The van der Waals surface area contributed by atoms with Gasteiger partial charge in [0.1, 0.15) is 0 Å². The Kier molecular flexibility index (Phi) is 23.2. The molecule has 3 nitrogen and oxygen atoms in total. The molecule has 0 amide bonds. The smallest absolute Gasteiger partial charge is 0.313 e. The number of thiocarbonyl (C=S) groups is 1. The predicted molar refractivity (Wildman–Crippen MR) is 135 cm³/mol. The summed E-state index contributed by atoms with van der Waals surface area (Å²) in [5.41, 5.74) is 0. The van der Waals surface area contributed by atoms with Crippen molar-refractivity contribution in [1.29, 1.82) is 0 Å². The van der Waals surface area contributed by atoms with Crippen molar-refractivity contribution in [3.8, 4) is 0 Å². The number of unbranched alkanes of at least 4 members (excludes halogenated alkanes) is 15. The Balaban J connectivity index is 3.24. The number of ether oxygens (including phenoxy) is 1. The van der Waals surface area contributed by atoms with E-state index >= 15 is 0 Å². The second-order valence-corrected chi connectivity index (χ2v) is 8.55. The lowest BCUT2D eigenvalue weighted by atomic mass is 10.1. The molecule has 0 spiro atoms. The molecule has 4 heteroatoms. The zero-order chi connectivity index (χ0) is 22.1. The van der Waals surface area contributed by atoms with E-state index in [9.17, 15) is 4.79 Å². The minimum Gasteiger partial charge on any atom is -0.399 e. The fourth-order valence-electron chi connectivity index (χ4n) is 3.39. The van der Waals surface area contributed by atoms with Gasteiger partial charge in [-0.2, -0.15) is 0 Å². The highest BCUT2D eigenvalue weighted by Gasteiger charge is 2.05. The van der Waals surface area contributed by atoms with Crippen molar-refractivity contribution in [1.82, 2.24) is 5.32 Å². The van der Waals surface area contributed by atoms with Crippen LogP contribution < -0.4 is 5.32 Å². The SMILES string of the molecule is C=CCNC(=S)OC(=O)CCCCCCCCCCC/C=C\CCCCCCCC. The third-order valence-electron chi connectivity index (χ3n) is 5.24. The molecule has 0 saturated carbocycles. The summed E-state index contributed by atoms with van der Waals surface area (Å²) in [6.45, 7) is 6.37. The molecule has 0 unspecified atom stereocenters. The Labute approximate surface area is 192 Å². The molecule has 0 fully saturated rings. The van der Waals surface area contributed by atoms with Crippen molar-refractivity contribution in [2.24, 2.45) is 0 Å². The van der Waals surface area contributed by atoms with Crippen molar-refractivity contribution < 1.29 is 9.53 Å². The highest BCUT2D eigenvalue weighted by molar-refractivity contribution is 7.80. The van der Waals surface area contributed by atoms with E-state index < -0.39 is 0 Å². The molecule has 0 aliphatic rings. The van der Waals surface area contributed by atoms with Crippen LogP contribution in [0.2, 0.25) is 0 Å². The van der Waals surface area contributed by atoms with Crippen LogP contribution in [-0.2, 0) is 9.53 Å². The number of allylic oxidation sites excluding steroid dienone is 2. The Morgan fingerprint density at radius 3 is 1.77 bits per heavy atom. The second-order valence-electron chi connectivity index (χ2n) is 8.18. The first-order valence-corrected chi connectivity index (χ1v) is 12.9. The summed E-state index contributed by atoms with van der Waals surface area (Å²) in [6, 6.07) is 0. The molecular formula is C26H47NO2S. The van der Waals surface area contributed by atoms with Gasteiger partial charge < -0.3 is 10.1 Å². The highest BCUT2D eigenvalue weighted by Crippen LogP contribution is 2.12. The fourth-order valence-corrected chi connectivity index (χ4v) is 3.57. The Hall–Kier alpha value is -1.16. The normalized spacial score (nSPS) is 11.0. The van der Waals surface area contributed by atoms with Crippen LogP contribution in [0.5, 0.6) is 0 Å². The number of hydrogen-bond donors (Lipinski definition) is 1. The first kappa shape index (κ1) is 28.8. The highest BCUT2D eigenvalue weighted by atomic mass is 32.1. The van der Waals surface area contributed by atoms with E-state index in [1.54, 1.807) is 6.08 Å². The van der Waals surface area contributed by atoms with Gasteiger partial charge in [0.05, 0.1) is 0 Å². The van der Waals surface area contributed by atoms with Crippen molar-refractivity contribution >= 4 is 23.4 Å². The average molecular weight is 438 g/mol. The van der Waals surface area contributed by atoms with Gasteiger partial charge in [0.15, 0.2) is 0 Å². The number of rotatable bonds is 21. The molecule has 0 heterocycles. The summed E-state index contributed by atoms with van der Waals surface area (Å²) in [5, 5.41) is 2.94. The first-order valence-electron chi connectivity index (χ1n) is 12.4. The summed E-state index contributed by atoms with van der Waals surface area (Å²) in [7, 11) is 0. The number of esters is 1. The molecule has 0 atom stereocenters. The van der Waals surface area contributed by atoms with Crippen molar-refractivity contribution in [3.63, 3.8) is 0 Å². The zero-order valence-corrected chi connectivity index (χ0v) is 20.4. The number of nitrogens with one attached hydrogen (secondary N) is 1. The molecule has 0 aliphatic heterocycles. The summed E-state index contributed by atoms with van der Waals surface area (Å²) >= 11 is 4.92. The second kappa shape index (κ2) is 24.1. The lowest BCUT2D eigenvalue weighted by Gasteiger charge is -2.06. The minimum absolute atomic E-state index is 0.146. The molecule has 0 aromatic heterocycles. The van der Waals surface area contributed by atoms with Gasteiger partial charge in [-0.1, -0.05) is 102 Å². The molecule has 0 aromatic rings. The van der Waals surface area contributed by atoms with Crippen LogP contribution in [-0.4, -0.2) is 17.7 Å². The van der Waals surface area contributed by atoms with E-state index in [-0.39, 0.29) is 11.1 Å². The van der Waals surface area contributed by atoms with Gasteiger partial charge in [-0.15, -0.1) is 6.58 Å². The molecule has 0 aliphatic carbocycles. The summed E-state index contributed by atoms with van der Waals surface area (Å²) in [6.07, 6.45) is 28.9. The monoisotopic (exact) mass is 437 g/mol. The van der Waals surface area contributed by atoms with E-state index in [2.05, 4.69) is 31.0 Å². The van der Waals surface area contributed by atoms with Gasteiger partial charge in [-0.05, 0) is 44.3 Å². The lowest BCUT2D eigenvalue weighted by molar-refractivity contribution is -0.135. The molecule has 0 radical (unpaired) electrons.